The van der Waals surface area contributed by atoms with Crippen molar-refractivity contribution in [2.45, 2.75) is 12.3 Å². The number of rotatable bonds is 4. The molecule has 7 nitrogen and oxygen atoms in total. The first-order valence-corrected chi connectivity index (χ1v) is 11.3. The molecule has 0 saturated heterocycles. The van der Waals surface area contributed by atoms with E-state index < -0.39 is 4.92 Å². The van der Waals surface area contributed by atoms with E-state index in [0.717, 1.165) is 33.2 Å². The number of carbonyl (C=O) groups excluding carboxylic acids is 1. The van der Waals surface area contributed by atoms with E-state index in [1.165, 1.54) is 12.1 Å². The van der Waals surface area contributed by atoms with Crippen LogP contribution in [0, 0.1) is 10.1 Å². The van der Waals surface area contributed by atoms with Gasteiger partial charge >= 0.3 is 0 Å². The topological polar surface area (TPSA) is 90.1 Å². The maximum atomic E-state index is 13.0. The molecule has 0 fully saturated rings. The van der Waals surface area contributed by atoms with Gasteiger partial charge in [0, 0.05) is 35.6 Å². The molecule has 1 aromatic heterocycles. The summed E-state index contributed by atoms with van der Waals surface area (Å²) in [7, 11) is 0. The SMILES string of the molecule is O=C1CC(c2cccc3ccccc23)c2c(-c3ccccc3)nn(-c3ccc([N+](=O)[O-])cc3)c2N1. The molecule has 6 rings (SSSR count). The van der Waals surface area contributed by atoms with Crippen LogP contribution in [0.5, 0.6) is 0 Å². The molecule has 35 heavy (non-hydrogen) atoms. The Balaban J connectivity index is 1.61. The summed E-state index contributed by atoms with van der Waals surface area (Å²) in [6.07, 6.45) is 0.298. The van der Waals surface area contributed by atoms with Crippen LogP contribution < -0.4 is 5.32 Å². The average molecular weight is 460 g/mol. The lowest BCUT2D eigenvalue weighted by Gasteiger charge is -2.26. The Morgan fingerprint density at radius 3 is 2.37 bits per heavy atom. The van der Waals surface area contributed by atoms with Gasteiger partial charge in [0.05, 0.1) is 16.3 Å². The lowest BCUT2D eigenvalue weighted by atomic mass is 9.82. The van der Waals surface area contributed by atoms with Crippen molar-refractivity contribution in [3.8, 4) is 16.9 Å². The Bertz CT molecular complexity index is 1590. The second-order valence-corrected chi connectivity index (χ2v) is 8.54. The van der Waals surface area contributed by atoms with Crippen LogP contribution in [-0.2, 0) is 4.79 Å². The van der Waals surface area contributed by atoms with Crippen LogP contribution >= 0.6 is 0 Å². The Labute approximate surface area is 200 Å². The van der Waals surface area contributed by atoms with Gasteiger partial charge in [0.2, 0.25) is 5.91 Å². The number of nitrogens with one attached hydrogen (secondary N) is 1. The zero-order valence-corrected chi connectivity index (χ0v) is 18.6. The molecule has 4 aromatic carbocycles. The maximum absolute atomic E-state index is 13.0. The second-order valence-electron chi connectivity index (χ2n) is 8.54. The second kappa shape index (κ2) is 8.22. The fourth-order valence-corrected chi connectivity index (χ4v) is 4.88. The van der Waals surface area contributed by atoms with Gasteiger partial charge in [-0.15, -0.1) is 0 Å². The summed E-state index contributed by atoms with van der Waals surface area (Å²) >= 11 is 0. The number of carbonyl (C=O) groups is 1. The van der Waals surface area contributed by atoms with Crippen molar-refractivity contribution in [1.29, 1.82) is 0 Å². The third kappa shape index (κ3) is 3.54. The van der Waals surface area contributed by atoms with Crippen molar-refractivity contribution in [1.82, 2.24) is 9.78 Å². The Morgan fingerprint density at radius 2 is 1.60 bits per heavy atom. The van der Waals surface area contributed by atoms with Gasteiger partial charge < -0.3 is 5.32 Å². The number of fused-ring (bicyclic) bond motifs is 2. The van der Waals surface area contributed by atoms with Crippen LogP contribution in [0.25, 0.3) is 27.7 Å². The summed E-state index contributed by atoms with van der Waals surface area (Å²) in [4.78, 5) is 23.7. The van der Waals surface area contributed by atoms with E-state index in [-0.39, 0.29) is 17.5 Å². The molecular formula is C28H20N4O3. The summed E-state index contributed by atoms with van der Waals surface area (Å²) in [6.45, 7) is 0. The van der Waals surface area contributed by atoms with Gasteiger partial charge in [0.1, 0.15) is 5.82 Å². The summed E-state index contributed by atoms with van der Waals surface area (Å²) in [5, 5.41) is 21.3. The number of anilines is 1. The molecule has 1 aliphatic heterocycles. The van der Waals surface area contributed by atoms with Gasteiger partial charge in [-0.05, 0) is 28.5 Å². The van der Waals surface area contributed by atoms with E-state index in [1.807, 2.05) is 48.5 Å². The Kier molecular flexibility index (Phi) is 4.88. The third-order valence-corrected chi connectivity index (χ3v) is 6.47. The zero-order chi connectivity index (χ0) is 23.9. The minimum atomic E-state index is -0.434. The zero-order valence-electron chi connectivity index (χ0n) is 18.6. The molecule has 170 valence electrons. The summed E-state index contributed by atoms with van der Waals surface area (Å²) in [5.41, 5.74) is 4.34. The third-order valence-electron chi connectivity index (χ3n) is 6.47. The first kappa shape index (κ1) is 20.8. The summed E-state index contributed by atoms with van der Waals surface area (Å²) < 4.78 is 1.68. The first-order chi connectivity index (χ1) is 17.1. The number of benzene rings is 4. The molecule has 1 amide bonds. The predicted molar refractivity (Wildman–Crippen MR) is 135 cm³/mol. The van der Waals surface area contributed by atoms with Crippen molar-refractivity contribution in [2.75, 3.05) is 5.32 Å². The van der Waals surface area contributed by atoms with Crippen LogP contribution in [-0.4, -0.2) is 20.6 Å². The Hall–Kier alpha value is -4.78. The van der Waals surface area contributed by atoms with Crippen LogP contribution in [0.1, 0.15) is 23.5 Å². The minimum absolute atomic E-state index is 0.00396. The molecule has 0 spiro atoms. The molecule has 1 unspecified atom stereocenters. The smallest absolute Gasteiger partial charge is 0.269 e. The van der Waals surface area contributed by atoms with Gasteiger partial charge in [-0.2, -0.15) is 5.10 Å². The number of nitro groups is 1. The normalized spacial score (nSPS) is 15.0. The molecule has 1 N–H and O–H groups in total. The van der Waals surface area contributed by atoms with Crippen molar-refractivity contribution in [3.63, 3.8) is 0 Å². The molecule has 1 atom stereocenters. The van der Waals surface area contributed by atoms with Gasteiger partial charge in [-0.1, -0.05) is 72.8 Å². The number of amides is 1. The lowest BCUT2D eigenvalue weighted by Crippen LogP contribution is -2.25. The highest BCUT2D eigenvalue weighted by Gasteiger charge is 2.35. The molecule has 0 saturated carbocycles. The number of hydrogen-bond acceptors (Lipinski definition) is 4. The van der Waals surface area contributed by atoms with Crippen molar-refractivity contribution in [3.05, 3.63) is 118 Å². The van der Waals surface area contributed by atoms with Crippen molar-refractivity contribution < 1.29 is 9.72 Å². The van der Waals surface area contributed by atoms with E-state index in [4.69, 9.17) is 5.10 Å². The number of aromatic nitrogens is 2. The van der Waals surface area contributed by atoms with Gasteiger partial charge in [0.25, 0.3) is 5.69 Å². The van der Waals surface area contributed by atoms with Crippen molar-refractivity contribution >= 4 is 28.2 Å². The molecule has 5 aromatic rings. The molecule has 2 heterocycles. The molecule has 0 radical (unpaired) electrons. The van der Waals surface area contributed by atoms with Gasteiger partial charge in [-0.3, -0.25) is 14.9 Å². The molecule has 7 heteroatoms. The van der Waals surface area contributed by atoms with Crippen LogP contribution in [0.15, 0.2) is 97.1 Å². The van der Waals surface area contributed by atoms with Gasteiger partial charge in [0.15, 0.2) is 0 Å². The number of nitrogens with zero attached hydrogens (tertiary/aromatic N) is 3. The fraction of sp³-hybridized carbons (Fsp3) is 0.0714. The van der Waals surface area contributed by atoms with Crippen molar-refractivity contribution in [2.24, 2.45) is 0 Å². The van der Waals surface area contributed by atoms with Crippen LogP contribution in [0.3, 0.4) is 0 Å². The fourth-order valence-electron chi connectivity index (χ4n) is 4.88. The first-order valence-electron chi connectivity index (χ1n) is 11.3. The van der Waals surface area contributed by atoms with E-state index in [2.05, 4.69) is 29.6 Å². The van der Waals surface area contributed by atoms with Crippen LogP contribution in [0.2, 0.25) is 0 Å². The number of nitro benzene ring substituents is 1. The lowest BCUT2D eigenvalue weighted by molar-refractivity contribution is -0.384. The Morgan fingerprint density at radius 1 is 0.886 bits per heavy atom. The summed E-state index contributed by atoms with van der Waals surface area (Å²) in [6, 6.07) is 30.4. The maximum Gasteiger partial charge on any atom is 0.269 e. The quantitative estimate of drug-likeness (QED) is 0.260. The van der Waals surface area contributed by atoms with Gasteiger partial charge in [-0.25, -0.2) is 4.68 Å². The average Bonchev–Trinajstić information content (AvgIpc) is 3.28. The number of non-ortho nitro benzene ring substituents is 1. The van der Waals surface area contributed by atoms with Crippen LogP contribution in [0.4, 0.5) is 11.5 Å². The molecular weight excluding hydrogens is 440 g/mol. The summed E-state index contributed by atoms with van der Waals surface area (Å²) in [5.74, 6) is 0.289. The largest absolute Gasteiger partial charge is 0.310 e. The van der Waals surface area contributed by atoms with E-state index in [9.17, 15) is 14.9 Å². The monoisotopic (exact) mass is 460 g/mol. The minimum Gasteiger partial charge on any atom is -0.310 e. The highest BCUT2D eigenvalue weighted by Crippen LogP contribution is 2.45. The van der Waals surface area contributed by atoms with E-state index >= 15 is 0 Å². The number of hydrogen-bond donors (Lipinski definition) is 1. The molecule has 1 aliphatic rings. The predicted octanol–water partition coefficient (Wildman–Crippen LogP) is 6.07. The van der Waals surface area contributed by atoms with E-state index in [1.54, 1.807) is 16.8 Å². The highest BCUT2D eigenvalue weighted by atomic mass is 16.6. The molecule has 0 aliphatic carbocycles. The molecule has 0 bridgehead atoms. The standard InChI is InChI=1S/C28H20N4O3/c33-25-17-24(23-12-6-10-18-7-4-5-11-22(18)23)26-27(19-8-2-1-3-9-19)30-31(28(26)29-25)20-13-15-21(16-14-20)32(34)35/h1-16,24H,17H2,(H,29,33). The highest BCUT2D eigenvalue weighted by molar-refractivity contribution is 5.98. The van der Waals surface area contributed by atoms with E-state index in [0.29, 0.717) is 17.9 Å².